The van der Waals surface area contributed by atoms with E-state index in [2.05, 4.69) is 2.81 Å². The number of carbonyl (C=O) groups is 1. The predicted octanol–water partition coefficient (Wildman–Crippen LogP) is 1.62. The Hall–Kier alpha value is -0.777. The van der Waals surface area contributed by atoms with Crippen molar-refractivity contribution in [2.45, 2.75) is 0 Å². The second kappa shape index (κ2) is 4.39. The quantitative estimate of drug-likeness (QED) is 0.299. The fourth-order valence-corrected chi connectivity index (χ4v) is 1.18. The molecule has 1 aromatic rings. The molecule has 1 rings (SSSR count). The summed E-state index contributed by atoms with van der Waals surface area (Å²) in [5, 5.41) is 0. The third kappa shape index (κ3) is 1.95. The molecule has 0 aliphatic heterocycles. The normalized spacial score (nSPS) is 10.3. The number of benzene rings is 1. The molecule has 80 valence electrons. The van der Waals surface area contributed by atoms with Crippen LogP contribution in [0.15, 0.2) is 0 Å². The Morgan fingerprint density at radius 3 is 1.53 bits per heavy atom. The van der Waals surface area contributed by atoms with E-state index >= 15 is 0 Å². The Morgan fingerprint density at radius 2 is 1.20 bits per heavy atom. The molecular weight excluding hydrogens is 420 g/mol. The molecule has 8 heteroatoms. The van der Waals surface area contributed by atoms with E-state index in [4.69, 9.17) is 0 Å². The molecule has 0 heterocycles. The molecule has 0 atom stereocenters. The molecule has 0 bridgehead atoms. The van der Waals surface area contributed by atoms with E-state index in [9.17, 15) is 26.7 Å². The van der Waals surface area contributed by atoms with Crippen LogP contribution in [0.4, 0.5) is 22.0 Å². The second-order valence-electron chi connectivity index (χ2n) is 2.32. The molecular formula is C7BiF5O2. The van der Waals surface area contributed by atoms with Gasteiger partial charge in [0.2, 0.25) is 0 Å². The molecule has 0 spiro atoms. The Bertz CT molecular complexity index is 405. The summed E-state index contributed by atoms with van der Waals surface area (Å²) in [6.07, 6.45) is 0. The van der Waals surface area contributed by atoms with Gasteiger partial charge in [0.15, 0.2) is 0 Å². The van der Waals surface area contributed by atoms with Crippen LogP contribution >= 0.6 is 0 Å². The molecule has 2 nitrogen and oxygen atoms in total. The average Bonchev–Trinajstić information content (AvgIpc) is 2.23. The first-order valence-electron chi connectivity index (χ1n) is 3.29. The van der Waals surface area contributed by atoms with Crippen molar-refractivity contribution in [1.82, 2.24) is 0 Å². The summed E-state index contributed by atoms with van der Waals surface area (Å²) in [4.78, 5) is 10.7. The zero-order chi connectivity index (χ0) is 11.7. The first-order valence-corrected chi connectivity index (χ1v) is 4.71. The van der Waals surface area contributed by atoms with Gasteiger partial charge in [-0.3, -0.25) is 0 Å². The van der Waals surface area contributed by atoms with Crippen molar-refractivity contribution in [3.05, 3.63) is 34.6 Å². The first kappa shape index (κ1) is 12.3. The molecule has 0 N–H and O–H groups in total. The van der Waals surface area contributed by atoms with Crippen molar-refractivity contribution < 1.29 is 29.6 Å². The molecule has 0 aliphatic carbocycles. The molecule has 2 radical (unpaired) electrons. The number of hydrogen-bond acceptors (Lipinski definition) is 2. The maximum absolute atomic E-state index is 12.8. The Balaban J connectivity index is 3.60. The van der Waals surface area contributed by atoms with Crippen LogP contribution in [0.25, 0.3) is 0 Å². The summed E-state index contributed by atoms with van der Waals surface area (Å²) in [5.41, 5.74) is -1.58. The van der Waals surface area contributed by atoms with Crippen molar-refractivity contribution in [3.63, 3.8) is 0 Å². The van der Waals surface area contributed by atoms with Crippen LogP contribution in [0.3, 0.4) is 0 Å². The zero-order valence-corrected chi connectivity index (χ0v) is 10.1. The van der Waals surface area contributed by atoms with Gasteiger partial charge in [-0.2, -0.15) is 0 Å². The number of rotatable bonds is 1. The van der Waals surface area contributed by atoms with E-state index in [1.54, 1.807) is 0 Å². The fraction of sp³-hybridized carbons (Fsp3) is 0. The minimum absolute atomic E-state index is 0.0292. The zero-order valence-electron chi connectivity index (χ0n) is 6.65. The van der Waals surface area contributed by atoms with E-state index in [0.29, 0.717) is 0 Å². The van der Waals surface area contributed by atoms with Gasteiger partial charge in [0.1, 0.15) is 0 Å². The van der Waals surface area contributed by atoms with Gasteiger partial charge in [-0.05, 0) is 0 Å². The van der Waals surface area contributed by atoms with Gasteiger partial charge in [-0.25, -0.2) is 0 Å². The molecule has 0 saturated heterocycles. The number of hydrogen-bond donors (Lipinski definition) is 0. The fourth-order valence-electron chi connectivity index (χ4n) is 0.830. The minimum atomic E-state index is -2.31. The molecule has 0 unspecified atom stereocenters. The third-order valence-corrected chi connectivity index (χ3v) is 2.14. The van der Waals surface area contributed by atoms with Gasteiger partial charge < -0.3 is 0 Å². The second-order valence-corrected chi connectivity index (χ2v) is 3.03. The summed E-state index contributed by atoms with van der Waals surface area (Å²) in [5.74, 6) is -12.6. The summed E-state index contributed by atoms with van der Waals surface area (Å²) >= 11 is -0.0292. The van der Waals surface area contributed by atoms with Crippen LogP contribution in [0.2, 0.25) is 0 Å². The SMILES string of the molecule is O=C([O][Bi])c1c(F)c(F)c(F)c(F)c1F. The molecule has 1 aromatic carbocycles. The van der Waals surface area contributed by atoms with E-state index in [1.807, 2.05) is 0 Å². The van der Waals surface area contributed by atoms with E-state index < -0.39 is 40.6 Å². The van der Waals surface area contributed by atoms with Crippen LogP contribution < -0.4 is 0 Å². The van der Waals surface area contributed by atoms with Crippen LogP contribution in [0.1, 0.15) is 10.4 Å². The van der Waals surface area contributed by atoms with Crippen LogP contribution in [0.5, 0.6) is 0 Å². The van der Waals surface area contributed by atoms with Crippen molar-refractivity contribution in [3.8, 4) is 0 Å². The van der Waals surface area contributed by atoms with Gasteiger partial charge in [0, 0.05) is 0 Å². The molecule has 0 fully saturated rings. The van der Waals surface area contributed by atoms with Crippen molar-refractivity contribution in [2.24, 2.45) is 0 Å². The first-order chi connectivity index (χ1) is 6.91. The van der Waals surface area contributed by atoms with E-state index in [-0.39, 0.29) is 25.2 Å². The Labute approximate surface area is 95.5 Å². The summed E-state index contributed by atoms with van der Waals surface area (Å²) in [7, 11) is 0. The van der Waals surface area contributed by atoms with Gasteiger partial charge >= 0.3 is 95.3 Å². The standard InChI is InChI=1S/C7HF5O2.Bi/c8-2-1(7(13)14)3(9)5(11)6(12)4(2)10;/h(H,13,14);/q;+1/p-1. The molecule has 0 amide bonds. The molecule has 15 heavy (non-hydrogen) atoms. The van der Waals surface area contributed by atoms with E-state index in [0.717, 1.165) is 0 Å². The topological polar surface area (TPSA) is 26.3 Å². The molecule has 0 saturated carbocycles. The van der Waals surface area contributed by atoms with Crippen molar-refractivity contribution >= 4 is 31.1 Å². The predicted molar refractivity (Wildman–Crippen MR) is 37.4 cm³/mol. The van der Waals surface area contributed by atoms with Gasteiger partial charge in [-0.15, -0.1) is 0 Å². The summed E-state index contributed by atoms with van der Waals surface area (Å²) in [6, 6.07) is 0. The molecule has 0 aromatic heterocycles. The summed E-state index contributed by atoms with van der Waals surface area (Å²) in [6.45, 7) is 0. The molecule has 0 aliphatic rings. The van der Waals surface area contributed by atoms with Crippen molar-refractivity contribution in [2.75, 3.05) is 0 Å². The maximum atomic E-state index is 12.8. The summed E-state index contributed by atoms with van der Waals surface area (Å²) < 4.78 is 67.2. The van der Waals surface area contributed by atoms with E-state index in [1.165, 1.54) is 0 Å². The number of carbonyl (C=O) groups excluding carboxylic acids is 1. The Kier molecular flexibility index (Phi) is 3.59. The van der Waals surface area contributed by atoms with Gasteiger partial charge in [0.05, 0.1) is 0 Å². The third-order valence-electron chi connectivity index (χ3n) is 1.50. The van der Waals surface area contributed by atoms with Crippen LogP contribution in [-0.4, -0.2) is 31.1 Å². The number of halogens is 5. The monoisotopic (exact) mass is 420 g/mol. The van der Waals surface area contributed by atoms with Crippen LogP contribution in [0, 0.1) is 29.1 Å². The van der Waals surface area contributed by atoms with Gasteiger partial charge in [-0.1, -0.05) is 0 Å². The Morgan fingerprint density at radius 1 is 0.867 bits per heavy atom. The van der Waals surface area contributed by atoms with Gasteiger partial charge in [0.25, 0.3) is 0 Å². The van der Waals surface area contributed by atoms with Crippen molar-refractivity contribution in [1.29, 1.82) is 0 Å². The average molecular weight is 420 g/mol. The van der Waals surface area contributed by atoms with Crippen LogP contribution in [-0.2, 0) is 2.81 Å².